The van der Waals surface area contributed by atoms with Crippen molar-refractivity contribution in [1.82, 2.24) is 4.72 Å². The first-order valence-electron chi connectivity index (χ1n) is 7.83. The van der Waals surface area contributed by atoms with Crippen molar-refractivity contribution in [3.63, 3.8) is 0 Å². The van der Waals surface area contributed by atoms with Crippen molar-refractivity contribution in [2.45, 2.75) is 24.7 Å². The van der Waals surface area contributed by atoms with Crippen LogP contribution in [-0.4, -0.2) is 28.0 Å². The molecule has 0 aliphatic rings. The molecule has 0 aromatic heterocycles. The van der Waals surface area contributed by atoms with E-state index in [1.807, 2.05) is 37.3 Å². The fourth-order valence-corrected chi connectivity index (χ4v) is 3.52. The first-order valence-corrected chi connectivity index (χ1v) is 9.32. The summed E-state index contributed by atoms with van der Waals surface area (Å²) in [7, 11) is -2.25. The quantitative estimate of drug-likeness (QED) is 0.793. The van der Waals surface area contributed by atoms with Gasteiger partial charge in [0.25, 0.3) is 0 Å². The van der Waals surface area contributed by atoms with E-state index >= 15 is 0 Å². The Hall–Kier alpha value is -2.38. The zero-order valence-corrected chi connectivity index (χ0v) is 15.3. The van der Waals surface area contributed by atoms with E-state index in [4.69, 9.17) is 4.74 Å². The number of carbonyl (C=O) groups is 1. The standard InChI is InChI=1S/C18H22N2O4S/c1-13(15-7-5-4-6-8-15)12-19-25(22,23)16-9-10-18(24-3)17(11-16)20-14(2)21/h4-11,13,19H,12H2,1-3H3,(H,20,21). The summed E-state index contributed by atoms with van der Waals surface area (Å²) in [4.78, 5) is 11.3. The molecular weight excluding hydrogens is 340 g/mol. The molecule has 0 aliphatic heterocycles. The Morgan fingerprint density at radius 1 is 1.16 bits per heavy atom. The Balaban J connectivity index is 2.17. The van der Waals surface area contributed by atoms with Crippen molar-refractivity contribution in [3.8, 4) is 5.75 Å². The maximum Gasteiger partial charge on any atom is 0.240 e. The number of hydrogen-bond acceptors (Lipinski definition) is 4. The SMILES string of the molecule is COc1ccc(S(=O)(=O)NCC(C)c2ccccc2)cc1NC(C)=O. The molecule has 2 rings (SSSR count). The molecule has 0 fully saturated rings. The predicted octanol–water partition coefficient (Wildman–Crippen LogP) is 2.74. The smallest absolute Gasteiger partial charge is 0.240 e. The Labute approximate surface area is 148 Å². The third-order valence-corrected chi connectivity index (χ3v) is 5.16. The molecule has 1 amide bonds. The summed E-state index contributed by atoms with van der Waals surface area (Å²) in [6, 6.07) is 14.0. The Bertz CT molecular complexity index is 835. The van der Waals surface area contributed by atoms with Gasteiger partial charge in [-0.25, -0.2) is 13.1 Å². The number of amides is 1. The second-order valence-electron chi connectivity index (χ2n) is 5.71. The lowest BCUT2D eigenvalue weighted by atomic mass is 10.0. The number of methoxy groups -OCH3 is 1. The van der Waals surface area contributed by atoms with Crippen LogP contribution in [0.2, 0.25) is 0 Å². The Morgan fingerprint density at radius 3 is 2.44 bits per heavy atom. The zero-order chi connectivity index (χ0) is 18.4. The van der Waals surface area contributed by atoms with Crippen molar-refractivity contribution in [2.24, 2.45) is 0 Å². The lowest BCUT2D eigenvalue weighted by Crippen LogP contribution is -2.27. The molecule has 1 unspecified atom stereocenters. The highest BCUT2D eigenvalue weighted by Crippen LogP contribution is 2.27. The molecule has 2 aromatic carbocycles. The molecule has 0 saturated heterocycles. The summed E-state index contributed by atoms with van der Waals surface area (Å²) < 4.78 is 32.8. The van der Waals surface area contributed by atoms with Gasteiger partial charge in [-0.05, 0) is 29.7 Å². The normalized spacial score (nSPS) is 12.4. The van der Waals surface area contributed by atoms with Gasteiger partial charge in [0.2, 0.25) is 15.9 Å². The van der Waals surface area contributed by atoms with Crippen molar-refractivity contribution in [3.05, 3.63) is 54.1 Å². The average Bonchev–Trinajstić information content (AvgIpc) is 2.60. The molecule has 0 bridgehead atoms. The van der Waals surface area contributed by atoms with E-state index in [1.165, 1.54) is 32.2 Å². The first-order chi connectivity index (χ1) is 11.8. The van der Waals surface area contributed by atoms with E-state index in [0.717, 1.165) is 5.56 Å². The molecule has 6 nitrogen and oxygen atoms in total. The van der Waals surface area contributed by atoms with Gasteiger partial charge in [-0.3, -0.25) is 4.79 Å². The van der Waals surface area contributed by atoms with Crippen molar-refractivity contribution >= 4 is 21.6 Å². The number of benzene rings is 2. The second kappa shape index (κ2) is 8.13. The minimum Gasteiger partial charge on any atom is -0.495 e. The topological polar surface area (TPSA) is 84.5 Å². The van der Waals surface area contributed by atoms with Crippen molar-refractivity contribution in [2.75, 3.05) is 19.0 Å². The molecule has 2 aromatic rings. The van der Waals surface area contributed by atoms with E-state index in [2.05, 4.69) is 10.0 Å². The maximum atomic E-state index is 12.5. The number of carbonyl (C=O) groups excluding carboxylic acids is 1. The lowest BCUT2D eigenvalue weighted by molar-refractivity contribution is -0.114. The van der Waals surface area contributed by atoms with Gasteiger partial charge >= 0.3 is 0 Å². The van der Waals surface area contributed by atoms with Gasteiger partial charge in [0.15, 0.2) is 0 Å². The summed E-state index contributed by atoms with van der Waals surface area (Å²) >= 11 is 0. The van der Waals surface area contributed by atoms with Gasteiger partial charge < -0.3 is 10.1 Å². The van der Waals surface area contributed by atoms with Gasteiger partial charge in [0, 0.05) is 13.5 Å². The van der Waals surface area contributed by atoms with Gasteiger partial charge in [-0.2, -0.15) is 0 Å². The van der Waals surface area contributed by atoms with Gasteiger partial charge in [0.1, 0.15) is 5.75 Å². The first kappa shape index (κ1) is 19.0. The monoisotopic (exact) mass is 362 g/mol. The molecule has 1 atom stereocenters. The van der Waals surface area contributed by atoms with Crippen LogP contribution in [0.4, 0.5) is 5.69 Å². The van der Waals surface area contributed by atoms with E-state index in [9.17, 15) is 13.2 Å². The van der Waals surface area contributed by atoms with Crippen LogP contribution in [0, 0.1) is 0 Å². The number of anilines is 1. The molecule has 0 radical (unpaired) electrons. The predicted molar refractivity (Wildman–Crippen MR) is 97.3 cm³/mol. The molecule has 7 heteroatoms. The summed E-state index contributed by atoms with van der Waals surface area (Å²) in [6.45, 7) is 3.57. The highest BCUT2D eigenvalue weighted by Gasteiger charge is 2.18. The summed E-state index contributed by atoms with van der Waals surface area (Å²) in [6.07, 6.45) is 0. The largest absolute Gasteiger partial charge is 0.495 e. The third-order valence-electron chi connectivity index (χ3n) is 3.74. The molecule has 134 valence electrons. The van der Waals surface area contributed by atoms with Gasteiger partial charge in [-0.15, -0.1) is 0 Å². The fraction of sp³-hybridized carbons (Fsp3) is 0.278. The lowest BCUT2D eigenvalue weighted by Gasteiger charge is -2.15. The van der Waals surface area contributed by atoms with Crippen LogP contribution < -0.4 is 14.8 Å². The number of rotatable bonds is 7. The summed E-state index contributed by atoms with van der Waals surface area (Å²) in [5.74, 6) is 0.120. The van der Waals surface area contributed by atoms with Crippen LogP contribution in [0.1, 0.15) is 25.3 Å². The fourth-order valence-electron chi connectivity index (χ4n) is 2.36. The zero-order valence-electron chi connectivity index (χ0n) is 14.4. The average molecular weight is 362 g/mol. The van der Waals surface area contributed by atoms with E-state index in [1.54, 1.807) is 0 Å². The van der Waals surface area contributed by atoms with E-state index < -0.39 is 10.0 Å². The highest BCUT2D eigenvalue weighted by atomic mass is 32.2. The van der Waals surface area contributed by atoms with Gasteiger partial charge in [0.05, 0.1) is 17.7 Å². The van der Waals surface area contributed by atoms with Crippen LogP contribution in [-0.2, 0) is 14.8 Å². The van der Waals surface area contributed by atoms with Crippen molar-refractivity contribution in [1.29, 1.82) is 0 Å². The van der Waals surface area contributed by atoms with Crippen LogP contribution in [0.25, 0.3) is 0 Å². The van der Waals surface area contributed by atoms with Crippen LogP contribution in [0.5, 0.6) is 5.75 Å². The minimum absolute atomic E-state index is 0.0315. The molecule has 2 N–H and O–H groups in total. The summed E-state index contributed by atoms with van der Waals surface area (Å²) in [5, 5.41) is 2.57. The second-order valence-corrected chi connectivity index (χ2v) is 7.47. The number of nitrogens with one attached hydrogen (secondary N) is 2. The molecule has 0 heterocycles. The Morgan fingerprint density at radius 2 is 1.84 bits per heavy atom. The number of ether oxygens (including phenoxy) is 1. The highest BCUT2D eigenvalue weighted by molar-refractivity contribution is 7.89. The molecule has 0 saturated carbocycles. The number of hydrogen-bond donors (Lipinski definition) is 2. The number of sulfonamides is 1. The van der Waals surface area contributed by atoms with Crippen LogP contribution in [0.3, 0.4) is 0 Å². The van der Waals surface area contributed by atoms with E-state index in [0.29, 0.717) is 11.4 Å². The molecular formula is C18H22N2O4S. The van der Waals surface area contributed by atoms with Crippen LogP contribution >= 0.6 is 0 Å². The Kier molecular flexibility index (Phi) is 6.17. The third kappa shape index (κ3) is 5.04. The van der Waals surface area contributed by atoms with Crippen LogP contribution in [0.15, 0.2) is 53.4 Å². The van der Waals surface area contributed by atoms with Crippen molar-refractivity contribution < 1.29 is 17.9 Å². The molecule has 0 aliphatic carbocycles. The molecule has 25 heavy (non-hydrogen) atoms. The summed E-state index contributed by atoms with van der Waals surface area (Å²) in [5.41, 5.74) is 1.37. The minimum atomic E-state index is -3.70. The maximum absolute atomic E-state index is 12.5. The van der Waals surface area contributed by atoms with Gasteiger partial charge in [-0.1, -0.05) is 37.3 Å². The van der Waals surface area contributed by atoms with E-state index in [-0.39, 0.29) is 23.3 Å². The molecule has 0 spiro atoms.